The maximum atomic E-state index is 11.7. The molecule has 2 aromatic carbocycles. The highest BCUT2D eigenvalue weighted by atomic mass is 79.9. The molecule has 0 bridgehead atoms. The molecule has 4 aromatic rings. The Bertz CT molecular complexity index is 1690. The Morgan fingerprint density at radius 3 is 1.70 bits per heavy atom. The molecule has 47 heavy (non-hydrogen) atoms. The quantitative estimate of drug-likeness (QED) is 0.144. The number of fused-ring (bicyclic) bond motifs is 2. The van der Waals surface area contributed by atoms with Crippen LogP contribution in [0.5, 0.6) is 0 Å². The number of aliphatic hydroxyl groups excluding tert-OH is 2. The number of rotatable bonds is 7. The van der Waals surface area contributed by atoms with Crippen LogP contribution in [0.4, 0.5) is 0 Å². The molecule has 2 atom stereocenters. The van der Waals surface area contributed by atoms with Crippen molar-refractivity contribution in [1.82, 2.24) is 20.4 Å². The molecule has 0 aliphatic carbocycles. The minimum absolute atomic E-state index is 0.220. The topological polar surface area (TPSA) is 145 Å². The molecule has 2 N–H and O–H groups in total. The van der Waals surface area contributed by atoms with Crippen LogP contribution in [-0.2, 0) is 19.1 Å². The fraction of sp³-hybridized carbons (Fsp3) is 0.389. The van der Waals surface area contributed by atoms with E-state index in [0.29, 0.717) is 11.4 Å². The van der Waals surface area contributed by atoms with Crippen molar-refractivity contribution in [2.45, 2.75) is 91.6 Å². The first kappa shape index (κ1) is 39.1. The number of halogens is 1. The predicted molar refractivity (Wildman–Crippen MR) is 188 cm³/mol. The number of aliphatic hydroxyl groups is 2. The molecule has 0 saturated heterocycles. The van der Waals surface area contributed by atoms with E-state index in [4.69, 9.17) is 9.47 Å². The number of nitrogens with zero attached hydrogens (tertiary/aromatic N) is 4. The highest BCUT2D eigenvalue weighted by Crippen LogP contribution is 2.21. The molecule has 0 saturated carbocycles. The van der Waals surface area contributed by atoms with Crippen molar-refractivity contribution < 1.29 is 29.3 Å². The van der Waals surface area contributed by atoms with E-state index in [1.165, 1.54) is 6.08 Å². The number of aromatic nitrogens is 4. The number of benzene rings is 2. The van der Waals surface area contributed by atoms with E-state index in [2.05, 4.69) is 42.9 Å². The van der Waals surface area contributed by atoms with Crippen LogP contribution < -0.4 is 0 Å². The second-order valence-corrected chi connectivity index (χ2v) is 13.6. The van der Waals surface area contributed by atoms with Gasteiger partial charge in [0, 0.05) is 15.2 Å². The van der Waals surface area contributed by atoms with E-state index in [9.17, 15) is 19.8 Å². The number of carbonyl (C=O) groups is 2. The molecule has 0 fully saturated rings. The molecule has 11 heteroatoms. The first-order valence-electron chi connectivity index (χ1n) is 15.1. The Hall–Kier alpha value is -4.06. The van der Waals surface area contributed by atoms with Gasteiger partial charge in [-0.1, -0.05) is 40.2 Å². The van der Waals surface area contributed by atoms with Gasteiger partial charge in [-0.15, -0.1) is 6.58 Å². The van der Waals surface area contributed by atoms with Crippen molar-refractivity contribution in [1.29, 1.82) is 0 Å². The monoisotopic (exact) mass is 708 g/mol. The maximum absolute atomic E-state index is 11.7. The minimum atomic E-state index is -0.654. The Labute approximate surface area is 285 Å². The summed E-state index contributed by atoms with van der Waals surface area (Å²) in [7, 11) is 0. The highest BCUT2D eigenvalue weighted by molar-refractivity contribution is 9.10. The van der Waals surface area contributed by atoms with Crippen LogP contribution in [0.25, 0.3) is 27.9 Å². The van der Waals surface area contributed by atoms with Gasteiger partial charge in [0.25, 0.3) is 0 Å². The van der Waals surface area contributed by atoms with Gasteiger partial charge in [0.2, 0.25) is 0 Å². The predicted octanol–water partition coefficient (Wildman–Crippen LogP) is 7.78. The number of hydrogen-bond acceptors (Lipinski definition) is 10. The molecule has 4 rings (SSSR count). The third-order valence-corrected chi connectivity index (χ3v) is 6.29. The Kier molecular flexibility index (Phi) is 14.8. The Balaban J connectivity index is 0.000000272. The zero-order valence-corrected chi connectivity index (χ0v) is 29.9. The van der Waals surface area contributed by atoms with Crippen molar-refractivity contribution in [2.75, 3.05) is 0 Å². The summed E-state index contributed by atoms with van der Waals surface area (Å²) in [6, 6.07) is 15.1. The van der Waals surface area contributed by atoms with E-state index in [1.54, 1.807) is 19.9 Å². The molecule has 0 unspecified atom stereocenters. The smallest absolute Gasteiger partial charge is 0.310 e. The van der Waals surface area contributed by atoms with Crippen molar-refractivity contribution >= 4 is 55.8 Å². The van der Waals surface area contributed by atoms with Gasteiger partial charge in [-0.3, -0.25) is 9.59 Å². The SMILES string of the molecule is C=CCC(=O)OC(C)(C)C.C[C@@H](O)c1cc2cc(/C=C/CC(=O)OC(C)(C)C)ccc2nn1.C[C@@H](O)c1cc2cc(Br)ccc2nn1. The minimum Gasteiger partial charge on any atom is -0.460 e. The summed E-state index contributed by atoms with van der Waals surface area (Å²) in [6.07, 6.45) is 4.46. The lowest BCUT2D eigenvalue weighted by Crippen LogP contribution is -2.23. The number of hydrogen-bond donors (Lipinski definition) is 2. The lowest BCUT2D eigenvalue weighted by atomic mass is 10.1. The van der Waals surface area contributed by atoms with Gasteiger partial charge in [0.05, 0.1) is 47.5 Å². The fourth-order valence-corrected chi connectivity index (χ4v) is 4.18. The normalized spacial score (nSPS) is 12.7. The van der Waals surface area contributed by atoms with Gasteiger partial charge in [-0.25, -0.2) is 0 Å². The van der Waals surface area contributed by atoms with E-state index in [-0.39, 0.29) is 30.4 Å². The zero-order valence-electron chi connectivity index (χ0n) is 28.3. The molecular weight excluding hydrogens is 664 g/mol. The third kappa shape index (κ3) is 14.9. The second-order valence-electron chi connectivity index (χ2n) is 12.7. The standard InChI is InChI=1S/C18H22N2O3.C10H9BrN2O.C8H14O2/c1-12(21)16-11-14-10-13(8-9-15(14)19-20-16)6-5-7-17(22)23-18(2,3)4;1-6(14)10-5-7-4-8(11)2-3-9(7)12-13-10;1-5-6-7(9)10-8(2,3)4/h5-6,8-12,21H,7H2,1-4H3;2-6,14H,1H3;5H,1,6H2,2-4H3/b6-5+;;/t12-;6-;/m11./s1. The molecule has 2 heterocycles. The molecule has 0 radical (unpaired) electrons. The fourth-order valence-electron chi connectivity index (χ4n) is 3.80. The number of esters is 2. The zero-order chi connectivity index (χ0) is 35.4. The van der Waals surface area contributed by atoms with Crippen molar-refractivity contribution in [3.8, 4) is 0 Å². The first-order chi connectivity index (χ1) is 21.9. The number of ether oxygens (including phenoxy) is 2. The summed E-state index contributed by atoms with van der Waals surface area (Å²) in [5.41, 5.74) is 2.83. The van der Waals surface area contributed by atoms with Crippen LogP contribution in [0.1, 0.15) is 97.4 Å². The van der Waals surface area contributed by atoms with E-state index in [1.807, 2.05) is 96.1 Å². The van der Waals surface area contributed by atoms with Gasteiger partial charge >= 0.3 is 11.9 Å². The number of carbonyl (C=O) groups excluding carboxylic acids is 2. The summed E-state index contributed by atoms with van der Waals surface area (Å²) in [5, 5.41) is 36.8. The van der Waals surface area contributed by atoms with Gasteiger partial charge in [-0.2, -0.15) is 20.4 Å². The van der Waals surface area contributed by atoms with Gasteiger partial charge in [0.1, 0.15) is 11.2 Å². The van der Waals surface area contributed by atoms with Crippen molar-refractivity contribution in [3.63, 3.8) is 0 Å². The molecular formula is C36H45BrN4O6. The molecule has 0 spiro atoms. The third-order valence-electron chi connectivity index (χ3n) is 5.80. The lowest BCUT2D eigenvalue weighted by Gasteiger charge is -2.18. The Morgan fingerprint density at radius 2 is 1.23 bits per heavy atom. The van der Waals surface area contributed by atoms with Crippen molar-refractivity contribution in [2.24, 2.45) is 0 Å². The van der Waals surface area contributed by atoms with Crippen LogP contribution in [0, 0.1) is 0 Å². The van der Waals surface area contributed by atoms with Crippen LogP contribution in [0.15, 0.2) is 71.7 Å². The largest absolute Gasteiger partial charge is 0.460 e. The molecule has 2 aromatic heterocycles. The molecule has 0 amide bonds. The average Bonchev–Trinajstić information content (AvgIpc) is 2.95. The molecule has 252 valence electrons. The van der Waals surface area contributed by atoms with E-state index in [0.717, 1.165) is 31.8 Å². The summed E-state index contributed by atoms with van der Waals surface area (Å²) >= 11 is 3.38. The molecule has 10 nitrogen and oxygen atoms in total. The lowest BCUT2D eigenvalue weighted by molar-refractivity contribution is -0.154. The van der Waals surface area contributed by atoms with E-state index >= 15 is 0 Å². The van der Waals surface area contributed by atoms with Crippen LogP contribution in [-0.4, -0.2) is 53.7 Å². The van der Waals surface area contributed by atoms with Crippen LogP contribution >= 0.6 is 15.9 Å². The summed E-state index contributed by atoms with van der Waals surface area (Å²) in [5.74, 6) is -0.473. The van der Waals surface area contributed by atoms with Gasteiger partial charge in [-0.05, 0) is 103 Å². The first-order valence-corrected chi connectivity index (χ1v) is 15.9. The Morgan fingerprint density at radius 1 is 0.766 bits per heavy atom. The summed E-state index contributed by atoms with van der Waals surface area (Å²) in [6.45, 7) is 17.8. The molecule has 0 aliphatic rings. The highest BCUT2D eigenvalue weighted by Gasteiger charge is 2.15. The van der Waals surface area contributed by atoms with Crippen LogP contribution in [0.2, 0.25) is 0 Å². The maximum Gasteiger partial charge on any atom is 0.310 e. The second kappa shape index (κ2) is 17.7. The van der Waals surface area contributed by atoms with Crippen molar-refractivity contribution in [3.05, 3.63) is 88.7 Å². The average molecular weight is 710 g/mol. The van der Waals surface area contributed by atoms with Gasteiger partial charge in [0.15, 0.2) is 0 Å². The summed E-state index contributed by atoms with van der Waals surface area (Å²) < 4.78 is 11.2. The van der Waals surface area contributed by atoms with Crippen LogP contribution in [0.3, 0.4) is 0 Å². The molecule has 0 aliphatic heterocycles. The van der Waals surface area contributed by atoms with Gasteiger partial charge < -0.3 is 19.7 Å². The summed E-state index contributed by atoms with van der Waals surface area (Å²) in [4.78, 5) is 22.4. The van der Waals surface area contributed by atoms with E-state index < -0.39 is 17.8 Å².